The van der Waals surface area contributed by atoms with Crippen LogP contribution in [0.5, 0.6) is 11.6 Å². The molecule has 12 nitrogen and oxygen atoms in total. The van der Waals surface area contributed by atoms with E-state index in [2.05, 4.69) is 10.3 Å². The van der Waals surface area contributed by atoms with E-state index in [1.54, 1.807) is 30.3 Å². The topological polar surface area (TPSA) is 173 Å². The number of aryl methyl sites for hydroxylation is 1. The number of nitrogens with one attached hydrogen (secondary N) is 1. The molecule has 0 fully saturated rings. The van der Waals surface area contributed by atoms with Crippen molar-refractivity contribution in [3.05, 3.63) is 87.0 Å². The zero-order chi connectivity index (χ0) is 24.9. The molecule has 0 atom stereocenters. The van der Waals surface area contributed by atoms with Crippen LogP contribution in [0.15, 0.2) is 70.0 Å². The summed E-state index contributed by atoms with van der Waals surface area (Å²) in [7, 11) is 0. The number of nitro benzene ring substituents is 1. The van der Waals surface area contributed by atoms with Crippen LogP contribution in [-0.2, 0) is 11.3 Å². The second-order valence-electron chi connectivity index (χ2n) is 7.46. The molecule has 0 aliphatic rings. The van der Waals surface area contributed by atoms with E-state index < -0.39 is 16.6 Å². The Balaban J connectivity index is 1.31. The predicted molar refractivity (Wildman–Crippen MR) is 124 cm³/mol. The summed E-state index contributed by atoms with van der Waals surface area (Å²) in [5.74, 6) is -0.859. The minimum Gasteiger partial charge on any atom is -0.439 e. The minimum atomic E-state index is -0.651. The van der Waals surface area contributed by atoms with Crippen molar-refractivity contribution < 1.29 is 23.7 Å². The molecule has 0 aliphatic carbocycles. The van der Waals surface area contributed by atoms with Crippen molar-refractivity contribution >= 4 is 34.3 Å². The number of ether oxygens (including phenoxy) is 1. The molecular weight excluding hydrogens is 458 g/mol. The third-order valence-electron chi connectivity index (χ3n) is 5.01. The number of carbonyl (C=O) groups is 2. The molecule has 3 N–H and O–H groups in total. The maximum atomic E-state index is 12.3. The summed E-state index contributed by atoms with van der Waals surface area (Å²) in [6.45, 7) is 0.201. The number of oxazole rings is 1. The lowest BCUT2D eigenvalue weighted by Gasteiger charge is -2.08. The van der Waals surface area contributed by atoms with Gasteiger partial charge in [0, 0.05) is 30.7 Å². The van der Waals surface area contributed by atoms with Crippen LogP contribution in [0, 0.1) is 10.1 Å². The number of hydrogen-bond donors (Lipinski definition) is 2. The number of primary amides is 1. The Hall–Kier alpha value is -5.00. The summed E-state index contributed by atoms with van der Waals surface area (Å²) in [4.78, 5) is 50.1. The van der Waals surface area contributed by atoms with Gasteiger partial charge in [-0.2, -0.15) is 0 Å². The highest BCUT2D eigenvalue weighted by Gasteiger charge is 2.14. The number of rotatable bonds is 9. The van der Waals surface area contributed by atoms with Crippen molar-refractivity contribution in [2.45, 2.75) is 19.4 Å². The number of fused-ring (bicyclic) bond motifs is 1. The van der Waals surface area contributed by atoms with Gasteiger partial charge < -0.3 is 20.2 Å². The Morgan fingerprint density at radius 2 is 2.00 bits per heavy atom. The summed E-state index contributed by atoms with van der Waals surface area (Å²) in [6.07, 6.45) is 1.87. The van der Waals surface area contributed by atoms with Gasteiger partial charge in [0.1, 0.15) is 5.75 Å². The standard InChI is InChI=1S/C23H19N5O7/c24-22(30)14-3-1-4-17(11-14)34-21-9-6-15(13-25-21)26-20(29)5-2-10-27-18-8-7-16(28(32)33)12-19(18)35-23(27)31/h1,3-4,6-9,11-13H,2,5,10H2,(H2,24,30)(H,26,29). The molecule has 0 saturated carbocycles. The first-order chi connectivity index (χ1) is 16.8. The van der Waals surface area contributed by atoms with Gasteiger partial charge >= 0.3 is 5.76 Å². The van der Waals surface area contributed by atoms with Crippen molar-refractivity contribution in [2.24, 2.45) is 5.73 Å². The van der Waals surface area contributed by atoms with Crippen LogP contribution in [0.2, 0.25) is 0 Å². The molecule has 4 aromatic rings. The maximum Gasteiger partial charge on any atom is 0.419 e. The molecule has 0 bridgehead atoms. The van der Waals surface area contributed by atoms with Crippen LogP contribution in [0.1, 0.15) is 23.2 Å². The Morgan fingerprint density at radius 3 is 2.71 bits per heavy atom. The lowest BCUT2D eigenvalue weighted by atomic mass is 10.2. The van der Waals surface area contributed by atoms with Crippen LogP contribution in [0.25, 0.3) is 11.1 Å². The predicted octanol–water partition coefficient (Wildman–Crippen LogP) is 3.21. The van der Waals surface area contributed by atoms with Gasteiger partial charge in [-0.15, -0.1) is 0 Å². The smallest absolute Gasteiger partial charge is 0.419 e. The van der Waals surface area contributed by atoms with Crippen molar-refractivity contribution in [3.63, 3.8) is 0 Å². The Bertz CT molecular complexity index is 1470. The number of aromatic nitrogens is 2. The molecule has 178 valence electrons. The van der Waals surface area contributed by atoms with E-state index in [0.29, 0.717) is 28.9 Å². The molecule has 35 heavy (non-hydrogen) atoms. The van der Waals surface area contributed by atoms with Gasteiger partial charge in [0.25, 0.3) is 5.69 Å². The Kier molecular flexibility index (Phi) is 6.53. The van der Waals surface area contributed by atoms with Gasteiger partial charge in [-0.25, -0.2) is 9.78 Å². The number of nitro groups is 1. The van der Waals surface area contributed by atoms with Crippen LogP contribution in [0.3, 0.4) is 0 Å². The molecule has 0 radical (unpaired) electrons. The molecule has 2 heterocycles. The minimum absolute atomic E-state index is 0.114. The number of hydrogen-bond acceptors (Lipinski definition) is 8. The molecule has 2 aromatic heterocycles. The first kappa shape index (κ1) is 23.2. The first-order valence-electron chi connectivity index (χ1n) is 10.4. The Morgan fingerprint density at radius 1 is 1.17 bits per heavy atom. The molecule has 2 amide bonds. The average Bonchev–Trinajstić information content (AvgIpc) is 3.14. The third kappa shape index (κ3) is 5.50. The number of anilines is 1. The second kappa shape index (κ2) is 9.87. The van der Waals surface area contributed by atoms with Gasteiger partial charge in [0.05, 0.1) is 28.4 Å². The molecule has 0 unspecified atom stereocenters. The Labute approximate surface area is 197 Å². The molecule has 12 heteroatoms. The summed E-state index contributed by atoms with van der Waals surface area (Å²) >= 11 is 0. The largest absolute Gasteiger partial charge is 0.439 e. The molecular formula is C23H19N5O7. The molecule has 0 aliphatic heterocycles. The number of pyridine rings is 1. The van der Waals surface area contributed by atoms with Gasteiger partial charge in [0.15, 0.2) is 5.58 Å². The van der Waals surface area contributed by atoms with Gasteiger partial charge in [-0.1, -0.05) is 6.07 Å². The fourth-order valence-electron chi connectivity index (χ4n) is 3.35. The van der Waals surface area contributed by atoms with Crippen LogP contribution >= 0.6 is 0 Å². The number of nitrogens with zero attached hydrogens (tertiary/aromatic N) is 3. The monoisotopic (exact) mass is 477 g/mol. The van der Waals surface area contributed by atoms with Crippen LogP contribution in [-0.4, -0.2) is 26.3 Å². The highest BCUT2D eigenvalue weighted by Crippen LogP contribution is 2.22. The quantitative estimate of drug-likeness (QED) is 0.273. The number of nitrogens with two attached hydrogens (primary N) is 1. The molecule has 4 rings (SSSR count). The van der Waals surface area contributed by atoms with E-state index in [-0.39, 0.29) is 36.0 Å². The lowest BCUT2D eigenvalue weighted by Crippen LogP contribution is -2.17. The zero-order valence-corrected chi connectivity index (χ0v) is 18.2. The highest BCUT2D eigenvalue weighted by atomic mass is 16.6. The number of carbonyl (C=O) groups excluding carboxylic acids is 2. The third-order valence-corrected chi connectivity index (χ3v) is 5.01. The lowest BCUT2D eigenvalue weighted by molar-refractivity contribution is -0.384. The van der Waals surface area contributed by atoms with E-state index in [0.717, 1.165) is 0 Å². The second-order valence-corrected chi connectivity index (χ2v) is 7.46. The van der Waals surface area contributed by atoms with Gasteiger partial charge in [-0.05, 0) is 36.8 Å². The van der Waals surface area contributed by atoms with Crippen molar-refractivity contribution in [1.82, 2.24) is 9.55 Å². The van der Waals surface area contributed by atoms with Gasteiger partial charge in [-0.3, -0.25) is 24.3 Å². The van der Waals surface area contributed by atoms with E-state index in [1.165, 1.54) is 35.0 Å². The number of amides is 2. The summed E-state index contributed by atoms with van der Waals surface area (Å²) in [6, 6.07) is 13.4. The van der Waals surface area contributed by atoms with E-state index in [1.807, 2.05) is 0 Å². The fraction of sp³-hybridized carbons (Fsp3) is 0.130. The average molecular weight is 477 g/mol. The SMILES string of the molecule is NC(=O)c1cccc(Oc2ccc(NC(=O)CCCn3c(=O)oc4cc([N+](=O)[O-])ccc43)cn2)c1. The van der Waals surface area contributed by atoms with Crippen LogP contribution in [0.4, 0.5) is 11.4 Å². The number of non-ortho nitro benzene ring substituents is 1. The highest BCUT2D eigenvalue weighted by molar-refractivity contribution is 5.93. The van der Waals surface area contributed by atoms with Crippen molar-refractivity contribution in [1.29, 1.82) is 0 Å². The van der Waals surface area contributed by atoms with Crippen LogP contribution < -0.4 is 21.5 Å². The molecule has 2 aromatic carbocycles. The van der Waals surface area contributed by atoms with E-state index >= 15 is 0 Å². The summed E-state index contributed by atoms with van der Waals surface area (Å²) < 4.78 is 12.0. The normalized spacial score (nSPS) is 10.7. The van der Waals surface area contributed by atoms with Gasteiger partial charge in [0.2, 0.25) is 17.7 Å². The summed E-state index contributed by atoms with van der Waals surface area (Å²) in [5.41, 5.74) is 6.37. The molecule has 0 spiro atoms. The number of benzene rings is 2. The maximum absolute atomic E-state index is 12.3. The fourth-order valence-corrected chi connectivity index (χ4v) is 3.35. The van der Waals surface area contributed by atoms with Crippen molar-refractivity contribution in [2.75, 3.05) is 5.32 Å². The first-order valence-corrected chi connectivity index (χ1v) is 10.4. The summed E-state index contributed by atoms with van der Waals surface area (Å²) in [5, 5.41) is 13.6. The van der Waals surface area contributed by atoms with Crippen molar-refractivity contribution in [3.8, 4) is 11.6 Å². The molecule has 0 saturated heterocycles. The van der Waals surface area contributed by atoms with E-state index in [9.17, 15) is 24.5 Å². The van der Waals surface area contributed by atoms with E-state index in [4.69, 9.17) is 14.9 Å². The zero-order valence-electron chi connectivity index (χ0n) is 18.2.